The molecule has 1 unspecified atom stereocenters. The number of carbonyl (C=O) groups excluding carboxylic acids is 2. The molecule has 1 aromatic carbocycles. The molecule has 0 spiro atoms. The fraction of sp³-hybridized carbons (Fsp3) is 0.200. The van der Waals surface area contributed by atoms with Crippen LogP contribution in [0.1, 0.15) is 17.3 Å². The summed E-state index contributed by atoms with van der Waals surface area (Å²) in [6.45, 7) is 1.05. The summed E-state index contributed by atoms with van der Waals surface area (Å²) in [6.07, 6.45) is -2.21. The second-order valence-corrected chi connectivity index (χ2v) is 2.66. The van der Waals surface area contributed by atoms with E-state index < -0.39 is 18.1 Å². The van der Waals surface area contributed by atoms with E-state index in [2.05, 4.69) is 4.74 Å². The highest BCUT2D eigenvalue weighted by Gasteiger charge is 2.21. The highest BCUT2D eigenvalue weighted by Crippen LogP contribution is 2.07. The fourth-order valence-corrected chi connectivity index (χ4v) is 0.933. The predicted molar refractivity (Wildman–Crippen MR) is 47.4 cm³/mol. The third-order valence-corrected chi connectivity index (χ3v) is 1.53. The molecular formula is C10H9FO3. The van der Waals surface area contributed by atoms with Crippen LogP contribution in [-0.2, 0) is 9.53 Å². The van der Waals surface area contributed by atoms with Gasteiger partial charge in [0.15, 0.2) is 0 Å². The van der Waals surface area contributed by atoms with E-state index >= 15 is 0 Å². The molecule has 0 saturated heterocycles. The molecule has 0 fully saturated rings. The van der Waals surface area contributed by atoms with Crippen molar-refractivity contribution < 1.29 is 18.7 Å². The summed E-state index contributed by atoms with van der Waals surface area (Å²) in [4.78, 5) is 21.6. The molecule has 0 aromatic heterocycles. The minimum Gasteiger partial charge on any atom is -0.423 e. The lowest BCUT2D eigenvalue weighted by Crippen LogP contribution is -2.21. The molecule has 1 rings (SSSR count). The van der Waals surface area contributed by atoms with Crippen LogP contribution >= 0.6 is 0 Å². The molecule has 0 bridgehead atoms. The van der Waals surface area contributed by atoms with E-state index in [1.807, 2.05) is 0 Å². The number of halogens is 1. The van der Waals surface area contributed by atoms with E-state index in [4.69, 9.17) is 0 Å². The molecule has 14 heavy (non-hydrogen) atoms. The van der Waals surface area contributed by atoms with Gasteiger partial charge in [0.05, 0.1) is 0 Å². The molecule has 0 heterocycles. The molecule has 0 N–H and O–H groups in total. The summed E-state index contributed by atoms with van der Waals surface area (Å²) >= 11 is 0. The molecule has 0 radical (unpaired) electrons. The summed E-state index contributed by atoms with van der Waals surface area (Å²) < 4.78 is 17.1. The summed E-state index contributed by atoms with van der Waals surface area (Å²) in [5.41, 5.74) is 0.182. The minimum absolute atomic E-state index is 0.182. The molecule has 3 nitrogen and oxygen atoms in total. The van der Waals surface area contributed by atoms with Crippen LogP contribution in [0.3, 0.4) is 0 Å². The molecule has 0 amide bonds. The monoisotopic (exact) mass is 196 g/mol. The number of carbonyl (C=O) groups is 2. The molecule has 0 aliphatic carbocycles. The van der Waals surface area contributed by atoms with Gasteiger partial charge in [0.1, 0.15) is 0 Å². The van der Waals surface area contributed by atoms with Crippen molar-refractivity contribution in [3.05, 3.63) is 35.9 Å². The maximum Gasteiger partial charge on any atom is 0.305 e. The number of esters is 1. The summed E-state index contributed by atoms with van der Waals surface area (Å²) in [6, 6.07) is 7.83. The lowest BCUT2D eigenvalue weighted by atomic mass is 10.1. The lowest BCUT2D eigenvalue weighted by Gasteiger charge is -2.06. The highest BCUT2D eigenvalue weighted by molar-refractivity contribution is 5.99. The number of alkyl halides is 1. The topological polar surface area (TPSA) is 43.4 Å². The van der Waals surface area contributed by atoms with Gasteiger partial charge in [0.2, 0.25) is 5.78 Å². The zero-order valence-corrected chi connectivity index (χ0v) is 7.57. The van der Waals surface area contributed by atoms with Gasteiger partial charge in [0, 0.05) is 12.5 Å². The van der Waals surface area contributed by atoms with E-state index in [1.54, 1.807) is 18.2 Å². The van der Waals surface area contributed by atoms with E-state index in [9.17, 15) is 14.0 Å². The summed E-state index contributed by atoms with van der Waals surface area (Å²) in [5.74, 6) is -1.66. The third-order valence-electron chi connectivity index (χ3n) is 1.53. The molecule has 0 saturated carbocycles. The van der Waals surface area contributed by atoms with Gasteiger partial charge in [-0.3, -0.25) is 9.59 Å². The lowest BCUT2D eigenvalue weighted by molar-refractivity contribution is -0.150. The van der Waals surface area contributed by atoms with E-state index in [1.165, 1.54) is 12.1 Å². The Kier molecular flexibility index (Phi) is 3.34. The van der Waals surface area contributed by atoms with Crippen molar-refractivity contribution in [3.8, 4) is 0 Å². The first-order valence-electron chi connectivity index (χ1n) is 4.02. The standard InChI is InChI=1S/C10H9FO3/c1-7(12)14-10(11)9(13)8-5-3-2-4-6-8/h2-6,10H,1H3. The Morgan fingerprint density at radius 1 is 1.29 bits per heavy atom. The number of ketones is 1. The minimum atomic E-state index is -2.21. The first kappa shape index (κ1) is 10.4. The van der Waals surface area contributed by atoms with Gasteiger partial charge in [-0.2, -0.15) is 4.39 Å². The average molecular weight is 196 g/mol. The van der Waals surface area contributed by atoms with Crippen LogP contribution in [0.2, 0.25) is 0 Å². The number of hydrogen-bond donors (Lipinski definition) is 0. The number of hydrogen-bond acceptors (Lipinski definition) is 3. The molecule has 4 heteroatoms. The molecular weight excluding hydrogens is 187 g/mol. The largest absolute Gasteiger partial charge is 0.423 e. The van der Waals surface area contributed by atoms with Gasteiger partial charge in [-0.15, -0.1) is 0 Å². The first-order valence-corrected chi connectivity index (χ1v) is 4.02. The van der Waals surface area contributed by atoms with Crippen molar-refractivity contribution >= 4 is 11.8 Å². The Morgan fingerprint density at radius 3 is 2.36 bits per heavy atom. The van der Waals surface area contributed by atoms with Crippen LogP contribution in [-0.4, -0.2) is 18.1 Å². The first-order chi connectivity index (χ1) is 6.61. The van der Waals surface area contributed by atoms with E-state index in [0.717, 1.165) is 6.92 Å². The number of rotatable bonds is 3. The second-order valence-electron chi connectivity index (χ2n) is 2.66. The van der Waals surface area contributed by atoms with Crippen LogP contribution < -0.4 is 0 Å². The van der Waals surface area contributed by atoms with Gasteiger partial charge in [0.25, 0.3) is 0 Å². The van der Waals surface area contributed by atoms with Crippen molar-refractivity contribution in [2.24, 2.45) is 0 Å². The van der Waals surface area contributed by atoms with Gasteiger partial charge >= 0.3 is 12.3 Å². The highest BCUT2D eigenvalue weighted by atomic mass is 19.1. The van der Waals surface area contributed by atoms with Gasteiger partial charge in [-0.05, 0) is 0 Å². The van der Waals surface area contributed by atoms with Crippen molar-refractivity contribution in [1.29, 1.82) is 0 Å². The van der Waals surface area contributed by atoms with Crippen molar-refractivity contribution in [1.82, 2.24) is 0 Å². The SMILES string of the molecule is CC(=O)OC(F)C(=O)c1ccccc1. The van der Waals surface area contributed by atoms with Gasteiger partial charge < -0.3 is 4.74 Å². The quantitative estimate of drug-likeness (QED) is 0.546. The smallest absolute Gasteiger partial charge is 0.305 e. The third kappa shape index (κ3) is 2.65. The van der Waals surface area contributed by atoms with Crippen LogP contribution in [0.4, 0.5) is 4.39 Å². The Hall–Kier alpha value is -1.71. The normalized spacial score (nSPS) is 11.9. The van der Waals surface area contributed by atoms with Gasteiger partial charge in [-0.1, -0.05) is 30.3 Å². The van der Waals surface area contributed by atoms with Crippen LogP contribution in [0.25, 0.3) is 0 Å². The van der Waals surface area contributed by atoms with E-state index in [0.29, 0.717) is 0 Å². The number of Topliss-reactive ketones (excluding diaryl/α,β-unsaturated/α-hetero) is 1. The Bertz CT molecular complexity index is 334. The average Bonchev–Trinajstić information content (AvgIpc) is 2.17. The molecule has 74 valence electrons. The van der Waals surface area contributed by atoms with Gasteiger partial charge in [-0.25, -0.2) is 0 Å². The van der Waals surface area contributed by atoms with Crippen molar-refractivity contribution in [2.75, 3.05) is 0 Å². The van der Waals surface area contributed by atoms with Crippen LogP contribution in [0.5, 0.6) is 0 Å². The van der Waals surface area contributed by atoms with Crippen molar-refractivity contribution in [2.45, 2.75) is 13.3 Å². The second kappa shape index (κ2) is 4.50. The Labute approximate surface area is 80.5 Å². The maximum absolute atomic E-state index is 12.9. The molecule has 0 aliphatic heterocycles. The number of benzene rings is 1. The zero-order chi connectivity index (χ0) is 10.6. The maximum atomic E-state index is 12.9. The zero-order valence-electron chi connectivity index (χ0n) is 7.57. The Morgan fingerprint density at radius 2 is 1.86 bits per heavy atom. The summed E-state index contributed by atoms with van der Waals surface area (Å²) in [7, 11) is 0. The molecule has 1 atom stereocenters. The summed E-state index contributed by atoms with van der Waals surface area (Å²) in [5, 5.41) is 0. The predicted octanol–water partition coefficient (Wildman–Crippen LogP) is 1.73. The number of ether oxygens (including phenoxy) is 1. The van der Waals surface area contributed by atoms with Crippen LogP contribution in [0, 0.1) is 0 Å². The van der Waals surface area contributed by atoms with Crippen molar-refractivity contribution in [3.63, 3.8) is 0 Å². The van der Waals surface area contributed by atoms with Crippen LogP contribution in [0.15, 0.2) is 30.3 Å². The Balaban J connectivity index is 2.71. The van der Waals surface area contributed by atoms with E-state index in [-0.39, 0.29) is 5.56 Å². The molecule has 0 aliphatic rings. The fourth-order valence-electron chi connectivity index (χ4n) is 0.933. The molecule has 1 aromatic rings.